The van der Waals surface area contributed by atoms with Gasteiger partial charge in [-0.15, -0.1) is 0 Å². The van der Waals surface area contributed by atoms with Crippen molar-refractivity contribution < 1.29 is 9.53 Å². The highest BCUT2D eigenvalue weighted by Crippen LogP contribution is 2.31. The Bertz CT molecular complexity index is 1360. The maximum absolute atomic E-state index is 12.1. The molecule has 4 rings (SSSR count). The smallest absolute Gasteiger partial charge is 0.335 e. The zero-order chi connectivity index (χ0) is 24.3. The van der Waals surface area contributed by atoms with Gasteiger partial charge in [-0.2, -0.15) is 0 Å². The molecule has 0 bridgehead atoms. The Morgan fingerprint density at radius 1 is 0.543 bits per heavy atom. The van der Waals surface area contributed by atoms with Crippen molar-refractivity contribution in [3.8, 4) is 5.75 Å². The summed E-state index contributed by atoms with van der Waals surface area (Å²) in [6.07, 6.45) is 13.5. The van der Waals surface area contributed by atoms with E-state index in [9.17, 15) is 4.79 Å². The van der Waals surface area contributed by atoms with E-state index in [2.05, 4.69) is 55.1 Å². The number of rotatable bonds is 8. The van der Waals surface area contributed by atoms with Crippen LogP contribution >= 0.6 is 0 Å². The van der Waals surface area contributed by atoms with Gasteiger partial charge in [0.05, 0.1) is 0 Å². The molecule has 35 heavy (non-hydrogen) atoms. The van der Waals surface area contributed by atoms with Crippen molar-refractivity contribution in [2.45, 2.75) is 0 Å². The fraction of sp³-hybridized carbons (Fsp3) is 0. The van der Waals surface area contributed by atoms with E-state index < -0.39 is 5.97 Å². The number of carbonyl (C=O) groups excluding carboxylic acids is 1. The number of ether oxygens (including phenoxy) is 1. The molecule has 0 radical (unpaired) electrons. The Morgan fingerprint density at radius 3 is 1.49 bits per heavy atom. The normalized spacial score (nSPS) is 11.3. The molecule has 4 aromatic carbocycles. The predicted octanol–water partition coefficient (Wildman–Crippen LogP) is 8.29. The summed E-state index contributed by atoms with van der Waals surface area (Å²) < 4.78 is 5.63. The van der Waals surface area contributed by atoms with Gasteiger partial charge in [0.2, 0.25) is 0 Å². The minimum atomic E-state index is -0.495. The Kier molecular flexibility index (Phi) is 8.02. The summed E-state index contributed by atoms with van der Waals surface area (Å²) >= 11 is 0. The second-order valence-corrected chi connectivity index (χ2v) is 7.84. The zero-order valence-corrected chi connectivity index (χ0v) is 19.4. The lowest BCUT2D eigenvalue weighted by molar-refractivity contribution is -0.128. The van der Waals surface area contributed by atoms with Crippen LogP contribution in [0, 0.1) is 0 Å². The Labute approximate surface area is 206 Å². The van der Waals surface area contributed by atoms with Crippen molar-refractivity contribution in [1.82, 2.24) is 0 Å². The van der Waals surface area contributed by atoms with Gasteiger partial charge in [-0.05, 0) is 33.9 Å². The van der Waals surface area contributed by atoms with Crippen LogP contribution in [0.15, 0.2) is 116 Å². The standard InChI is InChI=1S/C33H26O2/c1-2-33(34)35-32-25-22-29(21-18-26-12-6-3-7-13-26)30(23-19-27-14-8-4-9-15-27)31(32)24-20-28-16-10-5-11-17-28/h2-25H,1H2. The summed E-state index contributed by atoms with van der Waals surface area (Å²) in [6, 6.07) is 34.1. The molecule has 0 saturated carbocycles. The first-order chi connectivity index (χ1) is 17.2. The molecule has 2 heteroatoms. The first kappa shape index (κ1) is 23.5. The molecule has 0 heterocycles. The van der Waals surface area contributed by atoms with Crippen LogP contribution in [0.25, 0.3) is 36.5 Å². The van der Waals surface area contributed by atoms with Crippen molar-refractivity contribution in [3.05, 3.63) is 149 Å². The Morgan fingerprint density at radius 2 is 1.00 bits per heavy atom. The molecule has 0 aliphatic carbocycles. The average Bonchev–Trinajstić information content (AvgIpc) is 2.92. The molecule has 0 saturated heterocycles. The van der Waals surface area contributed by atoms with E-state index in [0.29, 0.717) is 5.75 Å². The van der Waals surface area contributed by atoms with Gasteiger partial charge in [-0.25, -0.2) is 4.79 Å². The van der Waals surface area contributed by atoms with E-state index in [0.717, 1.165) is 33.4 Å². The molecule has 0 fully saturated rings. The molecule has 170 valence electrons. The van der Waals surface area contributed by atoms with Gasteiger partial charge in [-0.3, -0.25) is 0 Å². The molecule has 0 atom stereocenters. The highest BCUT2D eigenvalue weighted by atomic mass is 16.5. The second-order valence-electron chi connectivity index (χ2n) is 7.84. The van der Waals surface area contributed by atoms with Crippen LogP contribution in [0.5, 0.6) is 5.75 Å². The first-order valence-electron chi connectivity index (χ1n) is 11.4. The SMILES string of the molecule is C=CC(=O)Oc1ccc(C=Cc2ccccc2)c(C=Cc2ccccc2)c1C=Cc1ccccc1. The third-order valence-electron chi connectivity index (χ3n) is 5.40. The van der Waals surface area contributed by atoms with E-state index >= 15 is 0 Å². The van der Waals surface area contributed by atoms with Gasteiger partial charge in [0.1, 0.15) is 5.75 Å². The van der Waals surface area contributed by atoms with Crippen molar-refractivity contribution in [3.63, 3.8) is 0 Å². The van der Waals surface area contributed by atoms with Crippen molar-refractivity contribution in [2.75, 3.05) is 0 Å². The summed E-state index contributed by atoms with van der Waals surface area (Å²) in [6.45, 7) is 3.54. The fourth-order valence-electron chi connectivity index (χ4n) is 3.61. The van der Waals surface area contributed by atoms with Crippen LogP contribution < -0.4 is 4.74 Å². The van der Waals surface area contributed by atoms with Crippen molar-refractivity contribution >= 4 is 42.4 Å². The van der Waals surface area contributed by atoms with Gasteiger partial charge in [-0.1, -0.05) is 140 Å². The molecule has 0 aliphatic heterocycles. The van der Waals surface area contributed by atoms with Crippen LogP contribution in [-0.2, 0) is 4.79 Å². The van der Waals surface area contributed by atoms with E-state index in [1.165, 1.54) is 6.08 Å². The molecule has 0 amide bonds. The van der Waals surface area contributed by atoms with Gasteiger partial charge in [0, 0.05) is 11.6 Å². The molecular formula is C33H26O2. The quantitative estimate of drug-likeness (QED) is 0.116. The van der Waals surface area contributed by atoms with Gasteiger partial charge in [0.25, 0.3) is 0 Å². The first-order valence-corrected chi connectivity index (χ1v) is 11.4. The number of hydrogen-bond acceptors (Lipinski definition) is 2. The maximum atomic E-state index is 12.1. The maximum Gasteiger partial charge on any atom is 0.335 e. The predicted molar refractivity (Wildman–Crippen MR) is 148 cm³/mol. The molecule has 0 aromatic heterocycles. The van der Waals surface area contributed by atoms with Crippen LogP contribution in [0.4, 0.5) is 0 Å². The zero-order valence-electron chi connectivity index (χ0n) is 19.4. The van der Waals surface area contributed by atoms with Crippen LogP contribution in [0.2, 0.25) is 0 Å². The minimum Gasteiger partial charge on any atom is -0.423 e. The number of esters is 1. The Hall–Kier alpha value is -4.69. The number of hydrogen-bond donors (Lipinski definition) is 0. The van der Waals surface area contributed by atoms with E-state index in [-0.39, 0.29) is 0 Å². The van der Waals surface area contributed by atoms with Gasteiger partial charge >= 0.3 is 5.97 Å². The third-order valence-corrected chi connectivity index (χ3v) is 5.40. The summed E-state index contributed by atoms with van der Waals surface area (Å²) in [4.78, 5) is 12.1. The van der Waals surface area contributed by atoms with E-state index in [4.69, 9.17) is 4.74 Å². The number of benzene rings is 4. The molecule has 4 aromatic rings. The lowest BCUT2D eigenvalue weighted by Gasteiger charge is -2.13. The highest BCUT2D eigenvalue weighted by molar-refractivity contribution is 5.90. The fourth-order valence-corrected chi connectivity index (χ4v) is 3.61. The van der Waals surface area contributed by atoms with Gasteiger partial charge in [0.15, 0.2) is 0 Å². The number of carbonyl (C=O) groups is 1. The summed E-state index contributed by atoms with van der Waals surface area (Å²) in [5, 5.41) is 0. The largest absolute Gasteiger partial charge is 0.423 e. The Balaban J connectivity index is 1.85. The molecule has 0 N–H and O–H groups in total. The molecular weight excluding hydrogens is 428 g/mol. The van der Waals surface area contributed by atoms with Crippen LogP contribution in [0.1, 0.15) is 33.4 Å². The summed E-state index contributed by atoms with van der Waals surface area (Å²) in [5.74, 6) is -0.0171. The van der Waals surface area contributed by atoms with Crippen LogP contribution in [0.3, 0.4) is 0 Å². The third kappa shape index (κ3) is 6.66. The molecule has 0 unspecified atom stereocenters. The monoisotopic (exact) mass is 454 g/mol. The van der Waals surface area contributed by atoms with Crippen LogP contribution in [-0.4, -0.2) is 5.97 Å². The van der Waals surface area contributed by atoms with Crippen molar-refractivity contribution in [2.24, 2.45) is 0 Å². The average molecular weight is 455 g/mol. The summed E-state index contributed by atoms with van der Waals surface area (Å²) in [7, 11) is 0. The van der Waals surface area contributed by atoms with Gasteiger partial charge < -0.3 is 4.74 Å². The summed E-state index contributed by atoms with van der Waals surface area (Å²) in [5.41, 5.74) is 6.00. The molecule has 2 nitrogen and oxygen atoms in total. The molecule has 0 spiro atoms. The van der Waals surface area contributed by atoms with E-state index in [1.54, 1.807) is 0 Å². The lowest BCUT2D eigenvalue weighted by Crippen LogP contribution is -2.05. The highest BCUT2D eigenvalue weighted by Gasteiger charge is 2.12. The second kappa shape index (κ2) is 12.0. The van der Waals surface area contributed by atoms with E-state index in [1.807, 2.05) is 91.0 Å². The lowest BCUT2D eigenvalue weighted by atomic mass is 9.96. The topological polar surface area (TPSA) is 26.3 Å². The van der Waals surface area contributed by atoms with Crippen molar-refractivity contribution in [1.29, 1.82) is 0 Å². The molecule has 0 aliphatic rings. The minimum absolute atomic E-state index is 0.478.